The second-order valence-corrected chi connectivity index (χ2v) is 4.19. The van der Waals surface area contributed by atoms with Gasteiger partial charge in [0.15, 0.2) is 6.61 Å². The molecule has 0 fully saturated rings. The topological polar surface area (TPSA) is 68.3 Å². The van der Waals surface area contributed by atoms with Crippen molar-refractivity contribution in [3.8, 4) is 0 Å². The van der Waals surface area contributed by atoms with E-state index in [-0.39, 0.29) is 18.1 Å². The maximum Gasteiger partial charge on any atom is 0.357 e. The Kier molecular flexibility index (Phi) is 4.98. The maximum atomic E-state index is 12.7. The number of halogens is 1. The first-order chi connectivity index (χ1) is 10.1. The summed E-state index contributed by atoms with van der Waals surface area (Å²) in [6.07, 6.45) is 1.46. The Balaban J connectivity index is 1.75. The number of ether oxygens (including phenoxy) is 1. The van der Waals surface area contributed by atoms with Crippen LogP contribution in [0.2, 0.25) is 0 Å². The van der Waals surface area contributed by atoms with Gasteiger partial charge in [-0.2, -0.15) is 0 Å². The number of hydrogen-bond donors (Lipinski definition) is 1. The van der Waals surface area contributed by atoms with Crippen LogP contribution in [-0.4, -0.2) is 23.5 Å². The Bertz CT molecular complexity index is 615. The quantitative estimate of drug-likeness (QED) is 0.850. The molecule has 0 aliphatic rings. The van der Waals surface area contributed by atoms with Gasteiger partial charge in [0, 0.05) is 12.7 Å². The predicted molar refractivity (Wildman–Crippen MR) is 72.8 cm³/mol. The molecule has 0 aliphatic carbocycles. The summed E-state index contributed by atoms with van der Waals surface area (Å²) in [4.78, 5) is 26.9. The van der Waals surface area contributed by atoms with Gasteiger partial charge >= 0.3 is 5.97 Å². The zero-order valence-corrected chi connectivity index (χ0v) is 11.1. The number of aromatic nitrogens is 1. The van der Waals surface area contributed by atoms with Gasteiger partial charge in [0.1, 0.15) is 11.5 Å². The highest BCUT2D eigenvalue weighted by Gasteiger charge is 2.10. The van der Waals surface area contributed by atoms with Gasteiger partial charge in [-0.1, -0.05) is 18.2 Å². The van der Waals surface area contributed by atoms with Gasteiger partial charge in [0.2, 0.25) is 0 Å². The Morgan fingerprint density at radius 2 is 1.90 bits per heavy atom. The van der Waals surface area contributed by atoms with E-state index in [9.17, 15) is 14.0 Å². The van der Waals surface area contributed by atoms with E-state index < -0.39 is 18.5 Å². The fraction of sp³-hybridized carbons (Fsp3) is 0.133. The van der Waals surface area contributed by atoms with Crippen LogP contribution >= 0.6 is 0 Å². The monoisotopic (exact) mass is 288 g/mol. The summed E-state index contributed by atoms with van der Waals surface area (Å²) in [5, 5.41) is 2.57. The molecule has 0 radical (unpaired) electrons. The van der Waals surface area contributed by atoms with E-state index in [2.05, 4.69) is 10.3 Å². The van der Waals surface area contributed by atoms with Crippen LogP contribution in [0.4, 0.5) is 4.39 Å². The highest BCUT2D eigenvalue weighted by Crippen LogP contribution is 2.02. The lowest BCUT2D eigenvalue weighted by atomic mass is 10.2. The third-order valence-electron chi connectivity index (χ3n) is 2.61. The number of esters is 1. The molecule has 5 nitrogen and oxygen atoms in total. The Labute approximate surface area is 120 Å². The molecule has 1 aromatic carbocycles. The number of amides is 1. The van der Waals surface area contributed by atoms with E-state index >= 15 is 0 Å². The van der Waals surface area contributed by atoms with E-state index in [1.165, 1.54) is 24.4 Å². The normalized spacial score (nSPS) is 9.95. The van der Waals surface area contributed by atoms with Crippen LogP contribution < -0.4 is 5.32 Å². The minimum Gasteiger partial charge on any atom is -0.451 e. The number of rotatable bonds is 5. The van der Waals surface area contributed by atoms with E-state index in [0.29, 0.717) is 0 Å². The van der Waals surface area contributed by atoms with Crippen molar-refractivity contribution in [2.24, 2.45) is 0 Å². The molecule has 0 unspecified atom stereocenters. The van der Waals surface area contributed by atoms with Crippen molar-refractivity contribution in [2.75, 3.05) is 6.61 Å². The van der Waals surface area contributed by atoms with E-state index in [1.54, 1.807) is 24.3 Å². The summed E-state index contributed by atoms with van der Waals surface area (Å²) in [5.74, 6) is -1.44. The van der Waals surface area contributed by atoms with Gasteiger partial charge in [-0.05, 0) is 29.8 Å². The Morgan fingerprint density at radius 3 is 2.57 bits per heavy atom. The highest BCUT2D eigenvalue weighted by atomic mass is 19.1. The first-order valence-electron chi connectivity index (χ1n) is 6.24. The maximum absolute atomic E-state index is 12.7. The summed E-state index contributed by atoms with van der Waals surface area (Å²) in [6.45, 7) is -0.156. The average Bonchev–Trinajstić information content (AvgIpc) is 2.53. The third-order valence-corrected chi connectivity index (χ3v) is 2.61. The molecule has 21 heavy (non-hydrogen) atoms. The molecule has 1 aromatic heterocycles. The third kappa shape index (κ3) is 4.68. The van der Waals surface area contributed by atoms with Crippen molar-refractivity contribution in [1.82, 2.24) is 10.3 Å². The number of nitrogens with zero attached hydrogens (tertiary/aromatic N) is 1. The summed E-state index contributed by atoms with van der Waals surface area (Å²) in [7, 11) is 0. The van der Waals surface area contributed by atoms with Gasteiger partial charge in [0.25, 0.3) is 5.91 Å². The fourth-order valence-corrected chi connectivity index (χ4v) is 1.54. The largest absolute Gasteiger partial charge is 0.451 e. The molecule has 0 spiro atoms. The molecule has 0 atom stereocenters. The Morgan fingerprint density at radius 1 is 1.14 bits per heavy atom. The van der Waals surface area contributed by atoms with Crippen molar-refractivity contribution < 1.29 is 18.7 Å². The van der Waals surface area contributed by atoms with Gasteiger partial charge in [0.05, 0.1) is 0 Å². The molecule has 1 N–H and O–H groups in total. The molecule has 2 rings (SSSR count). The minimum atomic E-state index is -0.660. The van der Waals surface area contributed by atoms with Crippen LogP contribution in [0.15, 0.2) is 48.7 Å². The van der Waals surface area contributed by atoms with Gasteiger partial charge in [-0.25, -0.2) is 14.2 Å². The summed E-state index contributed by atoms with van der Waals surface area (Å²) in [6, 6.07) is 10.6. The van der Waals surface area contributed by atoms with Crippen molar-refractivity contribution in [1.29, 1.82) is 0 Å². The molecule has 0 bridgehead atoms. The van der Waals surface area contributed by atoms with Crippen LogP contribution in [-0.2, 0) is 16.1 Å². The van der Waals surface area contributed by atoms with Crippen molar-refractivity contribution in [3.05, 3.63) is 65.7 Å². The van der Waals surface area contributed by atoms with Crippen LogP contribution in [0.5, 0.6) is 0 Å². The van der Waals surface area contributed by atoms with Gasteiger partial charge in [-0.3, -0.25) is 4.79 Å². The molecule has 0 saturated heterocycles. The van der Waals surface area contributed by atoms with Crippen molar-refractivity contribution in [2.45, 2.75) is 6.54 Å². The van der Waals surface area contributed by atoms with E-state index in [0.717, 1.165) is 5.56 Å². The molecular weight excluding hydrogens is 275 g/mol. The summed E-state index contributed by atoms with van der Waals surface area (Å²) in [5.41, 5.74) is 0.893. The number of benzene rings is 1. The lowest BCUT2D eigenvalue weighted by molar-refractivity contribution is -0.124. The number of carbonyl (C=O) groups excluding carboxylic acids is 2. The molecule has 2 aromatic rings. The van der Waals surface area contributed by atoms with Crippen LogP contribution in [0.25, 0.3) is 0 Å². The average molecular weight is 288 g/mol. The molecule has 1 heterocycles. The summed E-state index contributed by atoms with van der Waals surface area (Å²) < 4.78 is 17.5. The number of pyridine rings is 1. The number of carbonyl (C=O) groups is 2. The van der Waals surface area contributed by atoms with Crippen molar-refractivity contribution >= 4 is 11.9 Å². The van der Waals surface area contributed by atoms with E-state index in [1.807, 2.05) is 0 Å². The van der Waals surface area contributed by atoms with Crippen LogP contribution in [0, 0.1) is 5.82 Å². The lowest BCUT2D eigenvalue weighted by Crippen LogP contribution is -2.28. The fourth-order valence-electron chi connectivity index (χ4n) is 1.54. The van der Waals surface area contributed by atoms with E-state index in [4.69, 9.17) is 4.74 Å². The SMILES string of the molecule is O=C(COC(=O)c1ccccn1)NCc1ccc(F)cc1. The van der Waals surface area contributed by atoms with Gasteiger partial charge < -0.3 is 10.1 Å². The van der Waals surface area contributed by atoms with Crippen molar-refractivity contribution in [3.63, 3.8) is 0 Å². The number of nitrogens with one attached hydrogen (secondary N) is 1. The second-order valence-electron chi connectivity index (χ2n) is 4.19. The standard InChI is InChI=1S/C15H13FN2O3/c16-12-6-4-11(5-7-12)9-18-14(19)10-21-15(20)13-3-1-2-8-17-13/h1-8H,9-10H2,(H,18,19). The first-order valence-corrected chi connectivity index (χ1v) is 6.24. The molecule has 6 heteroatoms. The number of hydrogen-bond acceptors (Lipinski definition) is 4. The zero-order valence-electron chi connectivity index (χ0n) is 11.1. The highest BCUT2D eigenvalue weighted by molar-refractivity contribution is 5.89. The Hall–Kier alpha value is -2.76. The first kappa shape index (κ1) is 14.6. The van der Waals surface area contributed by atoms with Crippen LogP contribution in [0.3, 0.4) is 0 Å². The minimum absolute atomic E-state index is 0.142. The van der Waals surface area contributed by atoms with Crippen LogP contribution in [0.1, 0.15) is 16.1 Å². The predicted octanol–water partition coefficient (Wildman–Crippen LogP) is 1.69. The van der Waals surface area contributed by atoms with Gasteiger partial charge in [-0.15, -0.1) is 0 Å². The smallest absolute Gasteiger partial charge is 0.357 e. The molecule has 1 amide bonds. The zero-order chi connectivity index (χ0) is 15.1. The molecule has 0 saturated carbocycles. The molecular formula is C15H13FN2O3. The molecule has 108 valence electrons. The lowest BCUT2D eigenvalue weighted by Gasteiger charge is -2.06. The molecule has 0 aliphatic heterocycles. The second kappa shape index (κ2) is 7.14. The summed E-state index contributed by atoms with van der Waals surface area (Å²) >= 11 is 0.